The fraction of sp³-hybridized carbons (Fsp3) is 0.480. The average Bonchev–Trinajstić information content (AvgIpc) is 3.26. The Hall–Kier alpha value is -2.19. The van der Waals surface area contributed by atoms with E-state index >= 15 is 0 Å². The lowest BCUT2D eigenvalue weighted by molar-refractivity contribution is 0.0536. The van der Waals surface area contributed by atoms with E-state index in [1.165, 1.54) is 0 Å². The van der Waals surface area contributed by atoms with Crippen molar-refractivity contribution in [1.29, 1.82) is 0 Å². The van der Waals surface area contributed by atoms with E-state index < -0.39 is 6.10 Å². The summed E-state index contributed by atoms with van der Waals surface area (Å²) < 4.78 is 13.8. The van der Waals surface area contributed by atoms with Gasteiger partial charge >= 0.3 is 5.69 Å². The molecule has 2 N–H and O–H groups in total. The molecule has 0 aliphatic carbocycles. The number of H-pyrrole nitrogens is 1. The normalized spacial score (nSPS) is 19.2. The molecule has 0 radical (unpaired) electrons. The quantitative estimate of drug-likeness (QED) is 0.518. The van der Waals surface area contributed by atoms with Crippen LogP contribution in [0.15, 0.2) is 35.1 Å². The summed E-state index contributed by atoms with van der Waals surface area (Å²) in [4.78, 5) is 17.7. The fourth-order valence-corrected chi connectivity index (χ4v) is 5.51. The van der Waals surface area contributed by atoms with Crippen LogP contribution in [-0.4, -0.2) is 57.5 Å². The number of nitrogens with one attached hydrogen (secondary N) is 1. The molecule has 0 saturated carbocycles. The Morgan fingerprint density at radius 1 is 1.21 bits per heavy atom. The predicted octanol–water partition coefficient (Wildman–Crippen LogP) is 4.43. The van der Waals surface area contributed by atoms with Crippen LogP contribution in [0.5, 0.6) is 11.5 Å². The zero-order valence-corrected chi connectivity index (χ0v) is 20.8. The number of fused-ring (bicyclic) bond motifs is 2. The summed E-state index contributed by atoms with van der Waals surface area (Å²) >= 11 is 12.3. The van der Waals surface area contributed by atoms with Gasteiger partial charge in [0, 0.05) is 53.8 Å². The molecule has 5 rings (SSSR count). The highest BCUT2D eigenvalue weighted by molar-refractivity contribution is 6.31. The van der Waals surface area contributed by atoms with E-state index in [0.29, 0.717) is 28.1 Å². The van der Waals surface area contributed by atoms with Gasteiger partial charge in [-0.2, -0.15) is 0 Å². The Kier molecular flexibility index (Phi) is 6.31. The Morgan fingerprint density at radius 2 is 1.97 bits per heavy atom. The lowest BCUT2D eigenvalue weighted by atomic mass is 10.0. The van der Waals surface area contributed by atoms with Crippen LogP contribution in [-0.2, 0) is 6.42 Å². The van der Waals surface area contributed by atoms with Gasteiger partial charge in [0.1, 0.15) is 18.3 Å². The van der Waals surface area contributed by atoms with Crippen LogP contribution in [0.25, 0.3) is 11.0 Å². The first-order valence-electron chi connectivity index (χ1n) is 11.6. The monoisotopic (exact) mass is 505 g/mol. The summed E-state index contributed by atoms with van der Waals surface area (Å²) in [6.45, 7) is 6.29. The molecule has 0 bridgehead atoms. The van der Waals surface area contributed by atoms with Gasteiger partial charge in [-0.3, -0.25) is 4.57 Å². The van der Waals surface area contributed by atoms with Gasteiger partial charge in [-0.1, -0.05) is 23.2 Å². The average molecular weight is 506 g/mol. The number of rotatable bonds is 6. The van der Waals surface area contributed by atoms with E-state index in [1.54, 1.807) is 18.2 Å². The number of hydrogen-bond donors (Lipinski definition) is 2. The minimum absolute atomic E-state index is 0.108. The molecule has 1 fully saturated rings. The van der Waals surface area contributed by atoms with Crippen LogP contribution in [0, 0.1) is 0 Å². The van der Waals surface area contributed by atoms with Gasteiger partial charge in [-0.05, 0) is 51.0 Å². The molecule has 3 heterocycles. The molecule has 2 aliphatic rings. The lowest BCUT2D eigenvalue weighted by Crippen LogP contribution is -2.42. The van der Waals surface area contributed by atoms with E-state index in [4.69, 9.17) is 32.7 Å². The number of benzene rings is 2. The zero-order valence-electron chi connectivity index (χ0n) is 19.3. The van der Waals surface area contributed by atoms with Gasteiger partial charge in [-0.25, -0.2) is 4.79 Å². The Labute approximate surface area is 208 Å². The van der Waals surface area contributed by atoms with Gasteiger partial charge in [0.2, 0.25) is 0 Å². The lowest BCUT2D eigenvalue weighted by Gasteiger charge is -2.33. The van der Waals surface area contributed by atoms with E-state index in [0.717, 1.165) is 48.9 Å². The first-order valence-corrected chi connectivity index (χ1v) is 12.4. The summed E-state index contributed by atoms with van der Waals surface area (Å²) in [7, 11) is 0. The molecule has 2 aromatic carbocycles. The molecule has 1 aromatic heterocycles. The minimum atomic E-state index is -0.654. The van der Waals surface area contributed by atoms with Gasteiger partial charge in [0.15, 0.2) is 11.5 Å². The smallest absolute Gasteiger partial charge is 0.326 e. The molecule has 7 nitrogen and oxygen atoms in total. The van der Waals surface area contributed by atoms with Crippen molar-refractivity contribution in [3.63, 3.8) is 0 Å². The number of ether oxygens (including phenoxy) is 2. The molecule has 1 atom stereocenters. The van der Waals surface area contributed by atoms with Crippen molar-refractivity contribution in [1.82, 2.24) is 14.5 Å². The summed E-state index contributed by atoms with van der Waals surface area (Å²) in [6.07, 6.45) is 1.77. The largest absolute Gasteiger partial charge is 0.487 e. The number of nitrogens with zero attached hydrogens (tertiary/aromatic N) is 2. The van der Waals surface area contributed by atoms with Crippen LogP contribution in [0.1, 0.15) is 38.3 Å². The zero-order chi connectivity index (χ0) is 24.0. The molecule has 1 saturated heterocycles. The van der Waals surface area contributed by atoms with Crippen molar-refractivity contribution in [3.05, 3.63) is 56.4 Å². The van der Waals surface area contributed by atoms with E-state index in [2.05, 4.69) is 9.88 Å². The highest BCUT2D eigenvalue weighted by atomic mass is 35.5. The first kappa shape index (κ1) is 23.5. The second-order valence-corrected chi connectivity index (χ2v) is 10.8. The molecule has 3 aromatic rings. The molecule has 0 amide bonds. The molecular formula is C25H29Cl2N3O4. The number of piperidine rings is 1. The van der Waals surface area contributed by atoms with Gasteiger partial charge in [-0.15, -0.1) is 0 Å². The number of aromatic nitrogens is 2. The second-order valence-electron chi connectivity index (χ2n) is 9.89. The third-order valence-corrected chi connectivity index (χ3v) is 7.05. The first-order chi connectivity index (χ1) is 16.2. The van der Waals surface area contributed by atoms with Gasteiger partial charge < -0.3 is 24.5 Å². The summed E-state index contributed by atoms with van der Waals surface area (Å²) in [5, 5.41) is 11.8. The van der Waals surface area contributed by atoms with E-state index in [9.17, 15) is 9.90 Å². The molecule has 0 spiro atoms. The predicted molar refractivity (Wildman–Crippen MR) is 134 cm³/mol. The Bertz CT molecular complexity index is 1260. The van der Waals surface area contributed by atoms with E-state index in [-0.39, 0.29) is 23.9 Å². The summed E-state index contributed by atoms with van der Waals surface area (Å²) in [5.74, 6) is 1.29. The molecular weight excluding hydrogens is 477 g/mol. The number of halogens is 2. The van der Waals surface area contributed by atoms with Crippen molar-refractivity contribution in [3.8, 4) is 11.5 Å². The Morgan fingerprint density at radius 3 is 2.74 bits per heavy atom. The third kappa shape index (κ3) is 4.80. The number of imidazole rings is 1. The summed E-state index contributed by atoms with van der Waals surface area (Å²) in [6, 6.07) is 9.24. The molecule has 182 valence electrons. The van der Waals surface area contributed by atoms with Gasteiger partial charge in [0.05, 0.1) is 11.0 Å². The number of likely N-dealkylation sites (tertiary alicyclic amines) is 1. The SMILES string of the molecule is CC1(C)Cc2cc(Cl)cc(OCC(O)CN3CCC(n4c(=O)[nH]c5cc(Cl)ccc54)CC3)c2O1. The van der Waals surface area contributed by atoms with Crippen molar-refractivity contribution in [2.24, 2.45) is 0 Å². The fourth-order valence-electron chi connectivity index (χ4n) is 5.11. The second kappa shape index (κ2) is 9.11. The third-order valence-electron chi connectivity index (χ3n) is 6.59. The molecule has 1 unspecified atom stereocenters. The standard InChI is InChI=1S/C25H29Cl2N3O4/c1-25(2)12-15-9-17(27)11-22(23(15)34-25)33-14-19(31)13-29-7-5-18(6-8-29)30-21-4-3-16(26)10-20(21)28-24(30)32/h3-4,9-11,18-19,31H,5-8,12-14H2,1-2H3,(H,28,32). The van der Waals surface area contributed by atoms with E-state index in [1.807, 2.05) is 30.5 Å². The van der Waals surface area contributed by atoms with Gasteiger partial charge in [0.25, 0.3) is 0 Å². The molecule has 34 heavy (non-hydrogen) atoms. The highest BCUT2D eigenvalue weighted by Gasteiger charge is 2.33. The molecule has 9 heteroatoms. The summed E-state index contributed by atoms with van der Waals surface area (Å²) in [5.41, 5.74) is 2.25. The van der Waals surface area contributed by atoms with Crippen LogP contribution >= 0.6 is 23.2 Å². The maximum absolute atomic E-state index is 12.5. The topological polar surface area (TPSA) is 79.7 Å². The number of aromatic amines is 1. The van der Waals surface area contributed by atoms with Crippen LogP contribution in [0.4, 0.5) is 0 Å². The Balaban J connectivity index is 1.17. The number of β-amino-alcohol motifs (C(OH)–C–C–N with tert-alkyl or cyclic N) is 1. The van der Waals surface area contributed by atoms with Crippen LogP contribution < -0.4 is 15.2 Å². The minimum Gasteiger partial charge on any atom is -0.487 e. The maximum atomic E-state index is 12.5. The number of aliphatic hydroxyl groups excluding tert-OH is 1. The van der Waals surface area contributed by atoms with Crippen LogP contribution in [0.2, 0.25) is 10.0 Å². The van der Waals surface area contributed by atoms with Crippen LogP contribution in [0.3, 0.4) is 0 Å². The number of aliphatic hydroxyl groups is 1. The van der Waals surface area contributed by atoms with Crippen molar-refractivity contribution < 1.29 is 14.6 Å². The maximum Gasteiger partial charge on any atom is 0.326 e. The van der Waals surface area contributed by atoms with Crippen molar-refractivity contribution in [2.45, 2.75) is 50.9 Å². The van der Waals surface area contributed by atoms with Crippen molar-refractivity contribution >= 4 is 34.2 Å². The van der Waals surface area contributed by atoms with Crippen molar-refractivity contribution in [2.75, 3.05) is 26.2 Å². The molecule has 2 aliphatic heterocycles. The highest BCUT2D eigenvalue weighted by Crippen LogP contribution is 2.43. The number of hydrogen-bond acceptors (Lipinski definition) is 5.